The number of methoxy groups -OCH3 is 1. The topological polar surface area (TPSA) is 9.23 Å². The maximum Gasteiger partial charge on any atom is 0.200 e. The fraction of sp³-hybridized carbons (Fsp3) is 0.143. The minimum absolute atomic E-state index is 0.0846. The van der Waals surface area contributed by atoms with Gasteiger partial charge in [0.15, 0.2) is 23.3 Å². The first-order chi connectivity index (χ1) is 9.38. The fourth-order valence-corrected chi connectivity index (χ4v) is 1.89. The first kappa shape index (κ1) is 14.3. The standard InChI is InChI=1S/C14H9F5O/c1-6-5-7(20-2)3-4-8(6)9-10(15)12(17)14(19)13(18)11(9)16/h3-5H,1-2H3. The summed E-state index contributed by atoms with van der Waals surface area (Å²) in [5.74, 6) is -9.39. The van der Waals surface area contributed by atoms with E-state index in [1.807, 2.05) is 0 Å². The Kier molecular flexibility index (Phi) is 3.65. The van der Waals surface area contributed by atoms with Gasteiger partial charge in [0.05, 0.1) is 12.7 Å². The number of ether oxygens (including phenoxy) is 1. The summed E-state index contributed by atoms with van der Waals surface area (Å²) in [5, 5.41) is 0. The van der Waals surface area contributed by atoms with Crippen LogP contribution in [0.15, 0.2) is 18.2 Å². The summed E-state index contributed by atoms with van der Waals surface area (Å²) in [6.07, 6.45) is 0. The van der Waals surface area contributed by atoms with Crippen LogP contribution in [-0.2, 0) is 0 Å². The van der Waals surface area contributed by atoms with Crippen molar-refractivity contribution in [2.24, 2.45) is 0 Å². The van der Waals surface area contributed by atoms with Crippen LogP contribution in [0.2, 0.25) is 0 Å². The number of aryl methyl sites for hydroxylation is 1. The van der Waals surface area contributed by atoms with Crippen LogP contribution in [0, 0.1) is 36.0 Å². The molecular formula is C14H9F5O. The smallest absolute Gasteiger partial charge is 0.200 e. The van der Waals surface area contributed by atoms with Crippen LogP contribution >= 0.6 is 0 Å². The number of halogens is 5. The van der Waals surface area contributed by atoms with Crippen LogP contribution in [0.4, 0.5) is 22.0 Å². The van der Waals surface area contributed by atoms with E-state index in [1.165, 1.54) is 32.2 Å². The zero-order valence-electron chi connectivity index (χ0n) is 10.5. The molecule has 1 nitrogen and oxygen atoms in total. The maximum absolute atomic E-state index is 13.7. The average molecular weight is 288 g/mol. The number of rotatable bonds is 2. The number of hydrogen-bond donors (Lipinski definition) is 0. The molecule has 0 unspecified atom stereocenters. The summed E-state index contributed by atoms with van der Waals surface area (Å²) < 4.78 is 71.7. The van der Waals surface area contributed by atoms with Crippen LogP contribution < -0.4 is 4.74 Å². The number of benzene rings is 2. The molecule has 0 N–H and O–H groups in total. The van der Waals surface area contributed by atoms with Gasteiger partial charge in [-0.3, -0.25) is 0 Å². The van der Waals surface area contributed by atoms with E-state index < -0.39 is 34.6 Å². The van der Waals surface area contributed by atoms with Gasteiger partial charge in [0.2, 0.25) is 5.82 Å². The molecule has 106 valence electrons. The van der Waals surface area contributed by atoms with Crippen molar-refractivity contribution in [3.8, 4) is 16.9 Å². The van der Waals surface area contributed by atoms with Crippen LogP contribution in [0.5, 0.6) is 5.75 Å². The molecular weight excluding hydrogens is 279 g/mol. The first-order valence-electron chi connectivity index (χ1n) is 5.55. The predicted molar refractivity (Wildman–Crippen MR) is 63.0 cm³/mol. The van der Waals surface area contributed by atoms with E-state index in [9.17, 15) is 22.0 Å². The monoisotopic (exact) mass is 288 g/mol. The third-order valence-corrected chi connectivity index (χ3v) is 2.91. The van der Waals surface area contributed by atoms with Gasteiger partial charge in [-0.15, -0.1) is 0 Å². The largest absolute Gasteiger partial charge is 0.497 e. The average Bonchev–Trinajstić information content (AvgIpc) is 2.44. The van der Waals surface area contributed by atoms with Gasteiger partial charge in [-0.25, -0.2) is 22.0 Å². The highest BCUT2D eigenvalue weighted by molar-refractivity contribution is 5.69. The summed E-state index contributed by atoms with van der Waals surface area (Å²) in [4.78, 5) is 0. The van der Waals surface area contributed by atoms with Crippen LogP contribution in [0.25, 0.3) is 11.1 Å². The molecule has 0 radical (unpaired) electrons. The lowest BCUT2D eigenvalue weighted by Crippen LogP contribution is -2.04. The molecule has 0 atom stereocenters. The van der Waals surface area contributed by atoms with Gasteiger partial charge in [0.25, 0.3) is 0 Å². The van der Waals surface area contributed by atoms with Gasteiger partial charge < -0.3 is 4.74 Å². The first-order valence-corrected chi connectivity index (χ1v) is 5.55. The predicted octanol–water partition coefficient (Wildman–Crippen LogP) is 4.37. The van der Waals surface area contributed by atoms with Gasteiger partial charge in [0, 0.05) is 0 Å². The van der Waals surface area contributed by atoms with Gasteiger partial charge in [0.1, 0.15) is 5.75 Å². The summed E-state index contributed by atoms with van der Waals surface area (Å²) in [7, 11) is 1.40. The Morgan fingerprint density at radius 1 is 0.800 bits per heavy atom. The van der Waals surface area contributed by atoms with Crippen LogP contribution in [0.3, 0.4) is 0 Å². The molecule has 0 amide bonds. The van der Waals surface area contributed by atoms with E-state index in [0.29, 0.717) is 11.3 Å². The van der Waals surface area contributed by atoms with Crippen molar-refractivity contribution in [2.75, 3.05) is 7.11 Å². The lowest BCUT2D eigenvalue weighted by Gasteiger charge is -2.12. The second-order valence-corrected chi connectivity index (χ2v) is 4.13. The van der Waals surface area contributed by atoms with Gasteiger partial charge in [-0.2, -0.15) is 0 Å². The highest BCUT2D eigenvalue weighted by Gasteiger charge is 2.27. The molecule has 0 saturated heterocycles. The Morgan fingerprint density at radius 2 is 1.30 bits per heavy atom. The zero-order chi connectivity index (χ0) is 15.0. The Bertz CT molecular complexity index is 653. The quantitative estimate of drug-likeness (QED) is 0.453. The van der Waals surface area contributed by atoms with Crippen LogP contribution in [0.1, 0.15) is 5.56 Å². The molecule has 0 heterocycles. The third-order valence-electron chi connectivity index (χ3n) is 2.91. The van der Waals surface area contributed by atoms with E-state index in [2.05, 4.69) is 0 Å². The molecule has 2 rings (SSSR count). The molecule has 6 heteroatoms. The minimum Gasteiger partial charge on any atom is -0.497 e. The molecule has 0 aliphatic rings. The van der Waals surface area contributed by atoms with Crippen molar-refractivity contribution >= 4 is 0 Å². The molecule has 0 spiro atoms. The Balaban J connectivity index is 2.76. The van der Waals surface area contributed by atoms with E-state index in [4.69, 9.17) is 4.74 Å². The highest BCUT2D eigenvalue weighted by atomic mass is 19.2. The molecule has 20 heavy (non-hydrogen) atoms. The summed E-state index contributed by atoms with van der Waals surface area (Å²) in [6.45, 7) is 1.48. The molecule has 0 aromatic heterocycles. The highest BCUT2D eigenvalue weighted by Crippen LogP contribution is 2.34. The van der Waals surface area contributed by atoms with E-state index in [1.54, 1.807) is 0 Å². The van der Waals surface area contributed by atoms with E-state index in [-0.39, 0.29) is 5.56 Å². The van der Waals surface area contributed by atoms with Crippen LogP contribution in [-0.4, -0.2) is 7.11 Å². The molecule has 0 bridgehead atoms. The van der Waals surface area contributed by atoms with Gasteiger partial charge >= 0.3 is 0 Å². The Morgan fingerprint density at radius 3 is 1.75 bits per heavy atom. The SMILES string of the molecule is COc1ccc(-c2c(F)c(F)c(F)c(F)c2F)c(C)c1. The molecule has 0 aliphatic carbocycles. The Labute approximate surface area is 111 Å². The third kappa shape index (κ3) is 2.11. The van der Waals surface area contributed by atoms with Crippen molar-refractivity contribution in [3.63, 3.8) is 0 Å². The second kappa shape index (κ2) is 5.11. The minimum atomic E-state index is -2.17. The van der Waals surface area contributed by atoms with Crippen molar-refractivity contribution in [1.82, 2.24) is 0 Å². The lowest BCUT2D eigenvalue weighted by molar-refractivity contribution is 0.381. The number of hydrogen-bond acceptors (Lipinski definition) is 1. The summed E-state index contributed by atoms with van der Waals surface area (Å²) in [6, 6.07) is 4.06. The lowest BCUT2D eigenvalue weighted by atomic mass is 9.98. The summed E-state index contributed by atoms with van der Waals surface area (Å²) in [5.41, 5.74) is -0.701. The maximum atomic E-state index is 13.7. The zero-order valence-corrected chi connectivity index (χ0v) is 10.5. The van der Waals surface area contributed by atoms with Crippen molar-refractivity contribution in [2.45, 2.75) is 6.92 Å². The molecule has 0 fully saturated rings. The van der Waals surface area contributed by atoms with Crippen molar-refractivity contribution in [3.05, 3.63) is 52.8 Å². The molecule has 2 aromatic rings. The second-order valence-electron chi connectivity index (χ2n) is 4.13. The van der Waals surface area contributed by atoms with Crippen molar-refractivity contribution < 1.29 is 26.7 Å². The molecule has 0 aliphatic heterocycles. The molecule has 2 aromatic carbocycles. The summed E-state index contributed by atoms with van der Waals surface area (Å²) >= 11 is 0. The fourth-order valence-electron chi connectivity index (χ4n) is 1.89. The van der Waals surface area contributed by atoms with E-state index >= 15 is 0 Å². The normalized spacial score (nSPS) is 10.8. The Hall–Kier alpha value is -2.11. The van der Waals surface area contributed by atoms with Gasteiger partial charge in [-0.1, -0.05) is 6.07 Å². The van der Waals surface area contributed by atoms with Crippen molar-refractivity contribution in [1.29, 1.82) is 0 Å². The molecule has 0 saturated carbocycles. The van der Waals surface area contributed by atoms with Gasteiger partial charge in [-0.05, 0) is 30.2 Å². The van der Waals surface area contributed by atoms with E-state index in [0.717, 1.165) is 0 Å².